The van der Waals surface area contributed by atoms with Gasteiger partial charge in [-0.05, 0) is 12.8 Å². The van der Waals surface area contributed by atoms with Crippen LogP contribution in [0.3, 0.4) is 0 Å². The summed E-state index contributed by atoms with van der Waals surface area (Å²) in [6, 6.07) is 0. The number of nitrogens with one attached hydrogen (secondary N) is 2. The first-order valence-electron chi connectivity index (χ1n) is 5.83. The average Bonchev–Trinajstić information content (AvgIpc) is 3.10. The van der Waals surface area contributed by atoms with E-state index in [1.165, 1.54) is 0 Å². The van der Waals surface area contributed by atoms with E-state index in [1.54, 1.807) is 6.20 Å². The Morgan fingerprint density at radius 3 is 2.94 bits per heavy atom. The van der Waals surface area contributed by atoms with Crippen LogP contribution in [0.1, 0.15) is 18.7 Å². The van der Waals surface area contributed by atoms with Gasteiger partial charge in [-0.15, -0.1) is 0 Å². The van der Waals surface area contributed by atoms with Gasteiger partial charge in [0.05, 0.1) is 12.7 Å². The predicted octanol–water partition coefficient (Wildman–Crippen LogP) is 0.689. The monoisotopic (exact) mass is 256 g/mol. The Morgan fingerprint density at radius 1 is 1.59 bits per heavy atom. The van der Waals surface area contributed by atoms with Crippen molar-refractivity contribution in [2.24, 2.45) is 13.0 Å². The molecule has 0 aliphatic heterocycles. The molecule has 1 amide bonds. The number of imidazole rings is 1. The zero-order valence-corrected chi connectivity index (χ0v) is 10.6. The number of aromatic nitrogens is 2. The molecule has 0 bridgehead atoms. The fraction of sp³-hybridized carbons (Fsp3) is 0.636. The second kappa shape index (κ2) is 5.51. The lowest BCUT2D eigenvalue weighted by Gasteiger charge is -2.06. The lowest BCUT2D eigenvalue weighted by Crippen LogP contribution is -2.32. The highest BCUT2D eigenvalue weighted by molar-refractivity contribution is 6.29. The molecule has 6 heteroatoms. The Morgan fingerprint density at radius 2 is 2.35 bits per heavy atom. The summed E-state index contributed by atoms with van der Waals surface area (Å²) in [5, 5.41) is 6.74. The predicted molar refractivity (Wildman–Crippen MR) is 65.7 cm³/mol. The molecule has 1 fully saturated rings. The van der Waals surface area contributed by atoms with Gasteiger partial charge in [-0.25, -0.2) is 4.98 Å². The number of carbonyl (C=O) groups is 1. The minimum absolute atomic E-state index is 0.187. The molecule has 1 aromatic heterocycles. The number of carbonyl (C=O) groups excluding carboxylic acids is 1. The first-order valence-corrected chi connectivity index (χ1v) is 6.21. The van der Waals surface area contributed by atoms with Crippen molar-refractivity contribution in [3.63, 3.8) is 0 Å². The van der Waals surface area contributed by atoms with E-state index in [-0.39, 0.29) is 11.8 Å². The Hall–Kier alpha value is -1.07. The van der Waals surface area contributed by atoms with Crippen LogP contribution in [0.25, 0.3) is 0 Å². The zero-order valence-electron chi connectivity index (χ0n) is 9.87. The summed E-state index contributed by atoms with van der Waals surface area (Å²) in [5.41, 5.74) is 0. The van der Waals surface area contributed by atoms with Crippen LogP contribution in [0.15, 0.2) is 6.20 Å². The van der Waals surface area contributed by atoms with Crippen LogP contribution in [0.4, 0.5) is 0 Å². The van der Waals surface area contributed by atoms with Crippen molar-refractivity contribution in [3.05, 3.63) is 17.2 Å². The van der Waals surface area contributed by atoms with Crippen LogP contribution >= 0.6 is 11.6 Å². The summed E-state index contributed by atoms with van der Waals surface area (Å²) >= 11 is 5.87. The van der Waals surface area contributed by atoms with Gasteiger partial charge in [0, 0.05) is 26.1 Å². The molecule has 5 nitrogen and oxygen atoms in total. The molecule has 94 valence electrons. The first kappa shape index (κ1) is 12.4. The van der Waals surface area contributed by atoms with Crippen LogP contribution in [-0.4, -0.2) is 28.5 Å². The summed E-state index contributed by atoms with van der Waals surface area (Å²) in [4.78, 5) is 15.5. The molecule has 1 heterocycles. The standard InChI is InChI=1S/C11H17ClN4O/c1-16-9(12)6-15-10(16)7-13-4-5-14-11(17)8-2-3-8/h6,8,13H,2-5,7H2,1H3,(H,14,17). The number of rotatable bonds is 6. The normalized spacial score (nSPS) is 14.9. The highest BCUT2D eigenvalue weighted by atomic mass is 35.5. The van der Waals surface area contributed by atoms with Crippen LogP contribution in [0, 0.1) is 5.92 Å². The quantitative estimate of drug-likeness (QED) is 0.737. The fourth-order valence-electron chi connectivity index (χ4n) is 1.55. The van der Waals surface area contributed by atoms with Gasteiger partial charge < -0.3 is 15.2 Å². The third kappa shape index (κ3) is 3.44. The van der Waals surface area contributed by atoms with E-state index in [2.05, 4.69) is 15.6 Å². The Bertz CT molecular complexity index is 400. The smallest absolute Gasteiger partial charge is 0.223 e. The lowest BCUT2D eigenvalue weighted by atomic mass is 10.4. The lowest BCUT2D eigenvalue weighted by molar-refractivity contribution is -0.122. The van der Waals surface area contributed by atoms with Crippen molar-refractivity contribution in [1.29, 1.82) is 0 Å². The summed E-state index contributed by atoms with van der Waals surface area (Å²) in [6.07, 6.45) is 3.73. The molecule has 2 N–H and O–H groups in total. The Kier molecular flexibility index (Phi) is 4.02. The summed E-state index contributed by atoms with van der Waals surface area (Å²) in [6.45, 7) is 2.05. The molecular weight excluding hydrogens is 240 g/mol. The van der Waals surface area contributed by atoms with E-state index in [1.807, 2.05) is 11.6 Å². The fourth-order valence-corrected chi connectivity index (χ4v) is 1.70. The van der Waals surface area contributed by atoms with E-state index >= 15 is 0 Å². The molecule has 1 aliphatic rings. The minimum atomic E-state index is 0.187. The summed E-state index contributed by atoms with van der Waals surface area (Å²) in [5.74, 6) is 1.36. The molecule has 1 aliphatic carbocycles. The Labute approximate surface area is 106 Å². The molecule has 1 saturated carbocycles. The van der Waals surface area contributed by atoms with Crippen molar-refractivity contribution >= 4 is 17.5 Å². The molecule has 2 rings (SSSR count). The molecule has 0 unspecified atom stereocenters. The number of hydrogen-bond donors (Lipinski definition) is 2. The minimum Gasteiger partial charge on any atom is -0.355 e. The van der Waals surface area contributed by atoms with Gasteiger partial charge >= 0.3 is 0 Å². The maximum Gasteiger partial charge on any atom is 0.223 e. The van der Waals surface area contributed by atoms with E-state index in [4.69, 9.17) is 11.6 Å². The first-order chi connectivity index (χ1) is 8.18. The van der Waals surface area contributed by atoms with Crippen LogP contribution in [0.5, 0.6) is 0 Å². The largest absolute Gasteiger partial charge is 0.355 e. The highest BCUT2D eigenvalue weighted by Crippen LogP contribution is 2.28. The SMILES string of the molecule is Cn1c(Cl)cnc1CNCCNC(=O)C1CC1. The van der Waals surface area contributed by atoms with E-state index < -0.39 is 0 Å². The van der Waals surface area contributed by atoms with Crippen LogP contribution < -0.4 is 10.6 Å². The number of amides is 1. The molecular formula is C11H17ClN4O. The van der Waals surface area contributed by atoms with Gasteiger partial charge in [-0.1, -0.05) is 11.6 Å². The molecule has 0 radical (unpaired) electrons. The molecule has 0 aromatic carbocycles. The maximum absolute atomic E-state index is 11.3. The summed E-state index contributed by atoms with van der Waals surface area (Å²) < 4.78 is 1.83. The van der Waals surface area contributed by atoms with Crippen LogP contribution in [-0.2, 0) is 18.4 Å². The third-order valence-corrected chi connectivity index (χ3v) is 3.21. The number of nitrogens with zero attached hydrogens (tertiary/aromatic N) is 2. The maximum atomic E-state index is 11.3. The van der Waals surface area contributed by atoms with Crippen LogP contribution in [0.2, 0.25) is 5.15 Å². The van der Waals surface area contributed by atoms with Gasteiger partial charge in [0.25, 0.3) is 0 Å². The zero-order chi connectivity index (χ0) is 12.3. The van der Waals surface area contributed by atoms with Crippen molar-refractivity contribution in [3.8, 4) is 0 Å². The van der Waals surface area contributed by atoms with Gasteiger partial charge in [0.1, 0.15) is 11.0 Å². The van der Waals surface area contributed by atoms with Crippen molar-refractivity contribution in [2.75, 3.05) is 13.1 Å². The number of halogens is 1. The van der Waals surface area contributed by atoms with Crippen molar-refractivity contribution in [2.45, 2.75) is 19.4 Å². The van der Waals surface area contributed by atoms with E-state index in [9.17, 15) is 4.79 Å². The topological polar surface area (TPSA) is 59.0 Å². The van der Waals surface area contributed by atoms with Crippen molar-refractivity contribution < 1.29 is 4.79 Å². The summed E-state index contributed by atoms with van der Waals surface area (Å²) in [7, 11) is 1.88. The third-order valence-electron chi connectivity index (χ3n) is 2.86. The number of hydrogen-bond acceptors (Lipinski definition) is 3. The average molecular weight is 257 g/mol. The molecule has 17 heavy (non-hydrogen) atoms. The van der Waals surface area contributed by atoms with Gasteiger partial charge in [0.15, 0.2) is 0 Å². The molecule has 0 atom stereocenters. The van der Waals surface area contributed by atoms with Gasteiger partial charge in [0.2, 0.25) is 5.91 Å². The van der Waals surface area contributed by atoms with Gasteiger partial charge in [-0.2, -0.15) is 0 Å². The molecule has 1 aromatic rings. The van der Waals surface area contributed by atoms with Gasteiger partial charge in [-0.3, -0.25) is 4.79 Å². The van der Waals surface area contributed by atoms with E-state index in [0.717, 1.165) is 25.2 Å². The molecule has 0 saturated heterocycles. The van der Waals surface area contributed by atoms with E-state index in [0.29, 0.717) is 18.2 Å². The Balaban J connectivity index is 1.59. The van der Waals surface area contributed by atoms with Crippen molar-refractivity contribution in [1.82, 2.24) is 20.2 Å². The highest BCUT2D eigenvalue weighted by Gasteiger charge is 2.28. The second-order valence-corrected chi connectivity index (χ2v) is 4.69. The second-order valence-electron chi connectivity index (χ2n) is 4.30. The molecule has 0 spiro atoms.